The molecule has 16 heavy (non-hydrogen) atoms. The molecule has 1 aliphatic carbocycles. The van der Waals surface area contributed by atoms with Crippen LogP contribution in [0.5, 0.6) is 0 Å². The number of para-hydroxylation sites is 1. The Hall–Kier alpha value is -1.18. The van der Waals surface area contributed by atoms with Crippen molar-refractivity contribution in [1.29, 1.82) is 0 Å². The first-order chi connectivity index (χ1) is 7.71. The topological polar surface area (TPSA) is 15.4 Å². The number of rotatable bonds is 1. The number of nitrogens with zero attached hydrogens (tertiary/aromatic N) is 2. The maximum atomic E-state index is 4.97. The Balaban J connectivity index is 2.01. The van der Waals surface area contributed by atoms with Crippen LogP contribution in [-0.4, -0.2) is 16.3 Å². The summed E-state index contributed by atoms with van der Waals surface area (Å²) in [4.78, 5) is 0. The molecule has 0 aromatic heterocycles. The smallest absolute Gasteiger partial charge is 0.0858 e. The van der Waals surface area contributed by atoms with Crippen LogP contribution >= 0.6 is 0 Å². The largest absolute Gasteiger partial charge is 0.231 e. The highest BCUT2D eigenvalue weighted by molar-refractivity contribution is 5.28. The zero-order valence-corrected chi connectivity index (χ0v) is 10.1. The third kappa shape index (κ3) is 1.32. The summed E-state index contributed by atoms with van der Waals surface area (Å²) in [6, 6.07) is 11.1. The second-order valence-electron chi connectivity index (χ2n) is 5.38. The van der Waals surface area contributed by atoms with Crippen LogP contribution in [0.4, 0.5) is 5.69 Å². The van der Waals surface area contributed by atoms with Gasteiger partial charge in [0.25, 0.3) is 0 Å². The van der Waals surface area contributed by atoms with Gasteiger partial charge in [0.05, 0.1) is 5.92 Å². The van der Waals surface area contributed by atoms with Gasteiger partial charge in [0.1, 0.15) is 5.54 Å². The van der Waals surface area contributed by atoms with E-state index in [9.17, 15) is 0 Å². The normalized spacial score (nSPS) is 37.2. The van der Waals surface area contributed by atoms with Crippen molar-refractivity contribution in [2.45, 2.75) is 44.7 Å². The monoisotopic (exact) mass is 215 g/mol. The molecular weight excluding hydrogens is 196 g/mol. The second-order valence-corrected chi connectivity index (χ2v) is 5.38. The Labute approximate surface area is 97.0 Å². The molecule has 0 amide bonds. The quantitative estimate of drug-likeness (QED) is 0.634. The lowest BCUT2D eigenvalue weighted by molar-refractivity contribution is -0.539. The molecule has 0 bridgehead atoms. The van der Waals surface area contributed by atoms with Crippen molar-refractivity contribution in [2.24, 2.45) is 11.0 Å². The van der Waals surface area contributed by atoms with Crippen LogP contribution in [0.15, 0.2) is 35.4 Å². The van der Waals surface area contributed by atoms with Gasteiger partial charge in [0.15, 0.2) is 6.04 Å². The van der Waals surface area contributed by atoms with Crippen molar-refractivity contribution in [3.63, 3.8) is 0 Å². The highest BCUT2D eigenvalue weighted by Gasteiger charge is 2.54. The Kier molecular flexibility index (Phi) is 2.13. The van der Waals surface area contributed by atoms with Gasteiger partial charge in [-0.25, -0.2) is 0 Å². The Morgan fingerprint density at radius 3 is 2.75 bits per heavy atom. The Morgan fingerprint density at radius 2 is 2.06 bits per heavy atom. The van der Waals surface area contributed by atoms with Crippen molar-refractivity contribution in [3.05, 3.63) is 30.3 Å². The van der Waals surface area contributed by atoms with E-state index in [4.69, 9.17) is 5.11 Å². The van der Waals surface area contributed by atoms with E-state index in [2.05, 4.69) is 48.9 Å². The maximum Gasteiger partial charge on any atom is 0.231 e. The molecule has 1 aliphatic heterocycles. The van der Waals surface area contributed by atoms with Crippen molar-refractivity contribution < 1.29 is 4.70 Å². The van der Waals surface area contributed by atoms with Crippen LogP contribution in [0.2, 0.25) is 0 Å². The van der Waals surface area contributed by atoms with E-state index < -0.39 is 0 Å². The third-order valence-electron chi connectivity index (χ3n) is 4.32. The molecule has 2 heteroatoms. The lowest BCUT2D eigenvalue weighted by atomic mass is 9.86. The Bertz CT molecular complexity index is 424. The zero-order valence-electron chi connectivity index (χ0n) is 10.1. The molecular formula is C14H19N2+. The zero-order chi connectivity index (χ0) is 11.2. The molecule has 3 rings (SSSR count). The molecule has 2 nitrogen and oxygen atoms in total. The van der Waals surface area contributed by atoms with E-state index in [-0.39, 0.29) is 5.54 Å². The summed E-state index contributed by atoms with van der Waals surface area (Å²) < 4.78 is 2.24. The lowest BCUT2D eigenvalue weighted by Crippen LogP contribution is -2.29. The molecule has 0 radical (unpaired) electrons. The van der Waals surface area contributed by atoms with Crippen LogP contribution in [-0.2, 0) is 0 Å². The summed E-state index contributed by atoms with van der Waals surface area (Å²) in [5.74, 6) is 0.743. The SMILES string of the molecule is C[C@@H]1[C@H]2CCC[C@@]2(C)N=[N+]1c1ccccc1. The van der Waals surface area contributed by atoms with E-state index >= 15 is 0 Å². The molecule has 1 aromatic rings. The predicted octanol–water partition coefficient (Wildman–Crippen LogP) is 3.74. The number of fused-ring (bicyclic) bond motifs is 1. The minimum atomic E-state index is 0.204. The van der Waals surface area contributed by atoms with Gasteiger partial charge < -0.3 is 0 Å². The van der Waals surface area contributed by atoms with Crippen LogP contribution < -0.4 is 0 Å². The summed E-state index contributed by atoms with van der Waals surface area (Å²) >= 11 is 0. The molecule has 2 aliphatic rings. The maximum absolute atomic E-state index is 4.97. The average molecular weight is 215 g/mol. The van der Waals surface area contributed by atoms with Gasteiger partial charge in [-0.3, -0.25) is 0 Å². The molecule has 1 fully saturated rings. The minimum absolute atomic E-state index is 0.204. The van der Waals surface area contributed by atoms with E-state index in [1.807, 2.05) is 0 Å². The third-order valence-corrected chi connectivity index (χ3v) is 4.32. The fourth-order valence-corrected chi connectivity index (χ4v) is 3.44. The highest BCUT2D eigenvalue weighted by Crippen LogP contribution is 2.47. The van der Waals surface area contributed by atoms with Gasteiger partial charge in [-0.05, 0) is 24.9 Å². The fourth-order valence-electron chi connectivity index (χ4n) is 3.44. The van der Waals surface area contributed by atoms with Crippen LogP contribution in [0.25, 0.3) is 0 Å². The molecule has 3 atom stereocenters. The molecule has 0 N–H and O–H groups in total. The summed E-state index contributed by atoms with van der Waals surface area (Å²) in [5, 5.41) is 4.97. The molecule has 0 unspecified atom stereocenters. The van der Waals surface area contributed by atoms with Crippen molar-refractivity contribution in [2.75, 3.05) is 0 Å². The standard InChI is InChI=1S/C14H19N2/c1-11-13-9-6-10-14(13,2)15-16(11)12-7-4-3-5-8-12/h3-5,7-8,11,13H,6,9-10H2,1-2H3/q+1/t11-,13-,14-/m1/s1. The van der Waals surface area contributed by atoms with Gasteiger partial charge in [-0.2, -0.15) is 0 Å². The molecule has 84 valence electrons. The van der Waals surface area contributed by atoms with Gasteiger partial charge in [-0.1, -0.05) is 29.3 Å². The highest BCUT2D eigenvalue weighted by atomic mass is 15.4. The number of azo groups is 2. The van der Waals surface area contributed by atoms with Crippen LogP contribution in [0.1, 0.15) is 33.1 Å². The number of hydrogen-bond donors (Lipinski definition) is 0. The predicted molar refractivity (Wildman–Crippen MR) is 64.0 cm³/mol. The average Bonchev–Trinajstić information content (AvgIpc) is 2.78. The molecule has 1 saturated carbocycles. The van der Waals surface area contributed by atoms with E-state index in [1.54, 1.807) is 0 Å². The van der Waals surface area contributed by atoms with Gasteiger partial charge in [-0.15, -0.1) is 0 Å². The van der Waals surface area contributed by atoms with Crippen LogP contribution in [0, 0.1) is 5.92 Å². The summed E-state index contributed by atoms with van der Waals surface area (Å²) in [6.07, 6.45) is 3.94. The molecule has 1 heterocycles. The summed E-state index contributed by atoms with van der Waals surface area (Å²) in [7, 11) is 0. The first-order valence-corrected chi connectivity index (χ1v) is 6.28. The summed E-state index contributed by atoms with van der Waals surface area (Å²) in [5.41, 5.74) is 1.44. The van der Waals surface area contributed by atoms with Crippen molar-refractivity contribution in [3.8, 4) is 0 Å². The molecule has 0 spiro atoms. The first kappa shape index (κ1) is 10.0. The molecule has 1 aromatic carbocycles. The van der Waals surface area contributed by atoms with Crippen molar-refractivity contribution in [1.82, 2.24) is 0 Å². The lowest BCUT2D eigenvalue weighted by Gasteiger charge is -2.15. The number of hydrogen-bond acceptors (Lipinski definition) is 1. The minimum Gasteiger partial charge on any atom is -0.0858 e. The van der Waals surface area contributed by atoms with Gasteiger partial charge >= 0.3 is 0 Å². The molecule has 0 saturated heterocycles. The Morgan fingerprint density at radius 1 is 1.31 bits per heavy atom. The number of benzene rings is 1. The van der Waals surface area contributed by atoms with Crippen molar-refractivity contribution >= 4 is 5.69 Å². The summed E-state index contributed by atoms with van der Waals surface area (Å²) in [6.45, 7) is 4.64. The van der Waals surface area contributed by atoms with Gasteiger partial charge in [0, 0.05) is 19.1 Å². The second kappa shape index (κ2) is 3.41. The fraction of sp³-hybridized carbons (Fsp3) is 0.571. The van der Waals surface area contributed by atoms with E-state index in [0.717, 1.165) is 5.92 Å². The van der Waals surface area contributed by atoms with Gasteiger partial charge in [0.2, 0.25) is 5.69 Å². The van der Waals surface area contributed by atoms with E-state index in [1.165, 1.54) is 24.9 Å². The van der Waals surface area contributed by atoms with E-state index in [0.29, 0.717) is 6.04 Å². The van der Waals surface area contributed by atoms with Crippen LogP contribution in [0.3, 0.4) is 0 Å². The first-order valence-electron chi connectivity index (χ1n) is 6.28.